The summed E-state index contributed by atoms with van der Waals surface area (Å²) in [4.78, 5) is 20.5. The van der Waals surface area contributed by atoms with Crippen molar-refractivity contribution in [2.24, 2.45) is 0 Å². The minimum atomic E-state index is -0.347. The van der Waals surface area contributed by atoms with Crippen LogP contribution in [0.1, 0.15) is 12.2 Å². The summed E-state index contributed by atoms with van der Waals surface area (Å²) < 4.78 is 3.32. The van der Waals surface area contributed by atoms with Crippen molar-refractivity contribution in [3.05, 3.63) is 35.5 Å². The van der Waals surface area contributed by atoms with Crippen molar-refractivity contribution < 1.29 is 4.79 Å². The first-order valence-corrected chi connectivity index (χ1v) is 7.51. The fourth-order valence-electron chi connectivity index (χ4n) is 2.59. The van der Waals surface area contributed by atoms with Gasteiger partial charge in [0.1, 0.15) is 12.2 Å². The third-order valence-electron chi connectivity index (χ3n) is 3.66. The third kappa shape index (κ3) is 2.82. The van der Waals surface area contributed by atoms with Crippen molar-refractivity contribution in [2.45, 2.75) is 25.4 Å². The number of anilines is 1. The first-order valence-electron chi connectivity index (χ1n) is 7.13. The van der Waals surface area contributed by atoms with Crippen LogP contribution in [0.2, 0.25) is 5.02 Å². The number of carbonyl (C=O) groups is 1. The van der Waals surface area contributed by atoms with Gasteiger partial charge >= 0.3 is 6.03 Å². The molecule has 10 heteroatoms. The van der Waals surface area contributed by atoms with E-state index >= 15 is 0 Å². The molecule has 3 aromatic heterocycles. The van der Waals surface area contributed by atoms with Crippen molar-refractivity contribution in [1.29, 1.82) is 0 Å². The van der Waals surface area contributed by atoms with E-state index in [4.69, 9.17) is 11.6 Å². The summed E-state index contributed by atoms with van der Waals surface area (Å²) in [6, 6.07) is 3.09. The lowest BCUT2D eigenvalue weighted by molar-refractivity contribution is 0.243. The van der Waals surface area contributed by atoms with E-state index in [2.05, 4.69) is 30.8 Å². The predicted octanol–water partition coefficient (Wildman–Crippen LogP) is 1.11. The lowest BCUT2D eigenvalue weighted by Crippen LogP contribution is -2.43. The highest BCUT2D eigenvalue weighted by atomic mass is 35.5. The Morgan fingerprint density at radius 2 is 2.30 bits per heavy atom. The average Bonchev–Trinajstić information content (AvgIpc) is 3.11. The van der Waals surface area contributed by atoms with Crippen LogP contribution in [0.25, 0.3) is 5.65 Å². The molecule has 1 aliphatic heterocycles. The van der Waals surface area contributed by atoms with Crippen molar-refractivity contribution in [2.75, 3.05) is 5.32 Å². The Morgan fingerprint density at radius 1 is 1.39 bits per heavy atom. The van der Waals surface area contributed by atoms with Crippen molar-refractivity contribution >= 4 is 29.2 Å². The molecule has 0 unspecified atom stereocenters. The molecule has 23 heavy (non-hydrogen) atoms. The van der Waals surface area contributed by atoms with Crippen LogP contribution in [0.3, 0.4) is 0 Å². The normalized spacial score (nSPS) is 17.0. The highest BCUT2D eigenvalue weighted by Crippen LogP contribution is 2.13. The highest BCUT2D eigenvalue weighted by molar-refractivity contribution is 6.30. The second kappa shape index (κ2) is 5.51. The van der Waals surface area contributed by atoms with Gasteiger partial charge in [-0.15, -0.1) is 5.10 Å². The summed E-state index contributed by atoms with van der Waals surface area (Å²) in [5, 5.41) is 14.4. The van der Waals surface area contributed by atoms with Gasteiger partial charge in [0.2, 0.25) is 0 Å². The Balaban J connectivity index is 1.41. The molecule has 0 saturated heterocycles. The molecule has 0 bridgehead atoms. The zero-order valence-corrected chi connectivity index (χ0v) is 12.7. The zero-order valence-electron chi connectivity index (χ0n) is 12.0. The fraction of sp³-hybridized carbons (Fsp3) is 0.308. The van der Waals surface area contributed by atoms with Gasteiger partial charge in [-0.2, -0.15) is 10.1 Å². The van der Waals surface area contributed by atoms with Crippen LogP contribution < -0.4 is 10.6 Å². The summed E-state index contributed by atoms with van der Waals surface area (Å²) in [5.74, 6) is 1.17. The number of rotatable bonds is 2. The second-order valence-electron chi connectivity index (χ2n) is 5.28. The molecule has 9 nitrogen and oxygen atoms in total. The van der Waals surface area contributed by atoms with Crippen LogP contribution in [0, 0.1) is 0 Å². The Labute approximate surface area is 135 Å². The Hall–Kier alpha value is -2.68. The number of pyridine rings is 1. The molecule has 1 atom stereocenters. The number of nitrogens with one attached hydrogen (secondary N) is 2. The van der Waals surface area contributed by atoms with Gasteiger partial charge in [-0.05, 0) is 18.6 Å². The molecule has 2 amide bonds. The van der Waals surface area contributed by atoms with Crippen LogP contribution >= 0.6 is 11.6 Å². The quantitative estimate of drug-likeness (QED) is 0.732. The number of amides is 2. The molecule has 3 aromatic rings. The lowest BCUT2D eigenvalue weighted by Gasteiger charge is -2.23. The van der Waals surface area contributed by atoms with Gasteiger partial charge in [-0.25, -0.2) is 19.0 Å². The summed E-state index contributed by atoms with van der Waals surface area (Å²) >= 11 is 5.89. The van der Waals surface area contributed by atoms with Crippen LogP contribution in [-0.4, -0.2) is 41.4 Å². The predicted molar refractivity (Wildman–Crippen MR) is 82.3 cm³/mol. The van der Waals surface area contributed by atoms with Crippen LogP contribution in [0.4, 0.5) is 10.7 Å². The maximum absolute atomic E-state index is 12.1. The molecule has 0 aromatic carbocycles. The number of fused-ring (bicyclic) bond motifs is 2. The average molecular weight is 333 g/mol. The molecule has 1 aliphatic rings. The van der Waals surface area contributed by atoms with E-state index in [1.165, 1.54) is 10.8 Å². The molecule has 0 fully saturated rings. The van der Waals surface area contributed by atoms with E-state index in [9.17, 15) is 4.79 Å². The number of urea groups is 1. The molecule has 4 heterocycles. The molecular formula is C13H13ClN8O. The molecule has 0 radical (unpaired) electrons. The van der Waals surface area contributed by atoms with Gasteiger partial charge in [0, 0.05) is 12.6 Å². The van der Waals surface area contributed by atoms with Crippen molar-refractivity contribution in [3.63, 3.8) is 0 Å². The highest BCUT2D eigenvalue weighted by Gasteiger charge is 2.21. The third-order valence-corrected chi connectivity index (χ3v) is 3.88. The monoisotopic (exact) mass is 332 g/mol. The largest absolute Gasteiger partial charge is 0.333 e. The topological polar surface area (TPSA) is 102 Å². The van der Waals surface area contributed by atoms with Crippen molar-refractivity contribution in [3.8, 4) is 0 Å². The Bertz CT molecular complexity index is 872. The fourth-order valence-corrected chi connectivity index (χ4v) is 2.74. The number of nitrogens with zero attached hydrogens (tertiary/aromatic N) is 6. The number of aryl methyl sites for hydroxylation is 1. The lowest BCUT2D eigenvalue weighted by atomic mass is 10.1. The Morgan fingerprint density at radius 3 is 3.22 bits per heavy atom. The van der Waals surface area contributed by atoms with Crippen LogP contribution in [0.15, 0.2) is 24.7 Å². The zero-order chi connectivity index (χ0) is 15.8. The maximum atomic E-state index is 12.1. The van der Waals surface area contributed by atoms with E-state index in [0.717, 1.165) is 18.7 Å². The second-order valence-corrected chi connectivity index (χ2v) is 5.71. The van der Waals surface area contributed by atoms with Crippen molar-refractivity contribution in [1.82, 2.24) is 34.7 Å². The molecule has 0 saturated carbocycles. The summed E-state index contributed by atoms with van der Waals surface area (Å²) in [5.41, 5.74) is 0.606. The van der Waals surface area contributed by atoms with E-state index < -0.39 is 0 Å². The Kier molecular flexibility index (Phi) is 3.34. The SMILES string of the molecule is O=C(Nc1nc2ccc(Cl)cn2n1)N[C@@H]1CCc2ncnn2C1. The minimum Gasteiger partial charge on any atom is -0.333 e. The molecular weight excluding hydrogens is 320 g/mol. The van der Waals surface area contributed by atoms with Gasteiger partial charge in [0.25, 0.3) is 5.95 Å². The number of hydrogen-bond acceptors (Lipinski definition) is 5. The number of aromatic nitrogens is 6. The first-order chi connectivity index (χ1) is 11.2. The minimum absolute atomic E-state index is 0.00400. The smallest absolute Gasteiger partial charge is 0.321 e. The molecule has 118 valence electrons. The molecule has 4 rings (SSSR count). The van der Waals surface area contributed by atoms with E-state index in [0.29, 0.717) is 17.2 Å². The van der Waals surface area contributed by atoms with Gasteiger partial charge in [0.05, 0.1) is 17.6 Å². The number of hydrogen-bond donors (Lipinski definition) is 2. The van der Waals surface area contributed by atoms with E-state index in [1.54, 1.807) is 23.0 Å². The number of halogens is 1. The van der Waals surface area contributed by atoms with Gasteiger partial charge in [-0.3, -0.25) is 5.32 Å². The maximum Gasteiger partial charge on any atom is 0.321 e. The standard InChI is InChI=1S/C13H13ClN8O/c14-8-1-3-11-18-12(20-22(11)5-8)19-13(23)17-9-2-4-10-15-7-16-21(10)6-9/h1,3,5,7,9H,2,4,6H2,(H2,17,19,20,23)/t9-/m1/s1. The summed E-state index contributed by atoms with van der Waals surface area (Å²) in [6.07, 6.45) is 4.76. The molecule has 2 N–H and O–H groups in total. The molecule has 0 spiro atoms. The van der Waals surface area contributed by atoms with E-state index in [-0.39, 0.29) is 18.0 Å². The van der Waals surface area contributed by atoms with Gasteiger partial charge in [-0.1, -0.05) is 11.6 Å². The first kappa shape index (κ1) is 13.9. The molecule has 0 aliphatic carbocycles. The van der Waals surface area contributed by atoms with Crippen LogP contribution in [-0.2, 0) is 13.0 Å². The van der Waals surface area contributed by atoms with Gasteiger partial charge < -0.3 is 5.32 Å². The van der Waals surface area contributed by atoms with Crippen LogP contribution in [0.5, 0.6) is 0 Å². The van der Waals surface area contributed by atoms with Gasteiger partial charge in [0.15, 0.2) is 5.65 Å². The summed E-state index contributed by atoms with van der Waals surface area (Å²) in [6.45, 7) is 0.608. The van der Waals surface area contributed by atoms with E-state index in [1.807, 2.05) is 0 Å². The summed E-state index contributed by atoms with van der Waals surface area (Å²) in [7, 11) is 0. The number of carbonyl (C=O) groups excluding carboxylic acids is 1.